The SMILES string of the molecule is O=C(c1cnccn1)N1C[C@@H]2C[C@@H](c3nnc(C4CC4)o3)O[C@@H]2C1. The highest BCUT2D eigenvalue weighted by Crippen LogP contribution is 2.43. The topological polar surface area (TPSA) is 94.2 Å². The van der Waals surface area contributed by atoms with Crippen molar-refractivity contribution in [1.82, 2.24) is 25.1 Å². The summed E-state index contributed by atoms with van der Waals surface area (Å²) in [4.78, 5) is 22.3. The van der Waals surface area contributed by atoms with Gasteiger partial charge >= 0.3 is 0 Å². The molecule has 3 fully saturated rings. The smallest absolute Gasteiger partial charge is 0.274 e. The second-order valence-corrected chi connectivity index (χ2v) is 6.71. The lowest BCUT2D eigenvalue weighted by atomic mass is 10.0. The van der Waals surface area contributed by atoms with E-state index in [-0.39, 0.29) is 18.1 Å². The van der Waals surface area contributed by atoms with Gasteiger partial charge in [-0.25, -0.2) is 4.98 Å². The number of carbonyl (C=O) groups is 1. The van der Waals surface area contributed by atoms with Crippen molar-refractivity contribution in [2.24, 2.45) is 5.92 Å². The second kappa shape index (κ2) is 5.34. The molecule has 3 aliphatic rings. The van der Waals surface area contributed by atoms with Gasteiger partial charge in [0.15, 0.2) is 0 Å². The van der Waals surface area contributed by atoms with Crippen molar-refractivity contribution >= 4 is 5.91 Å². The Morgan fingerprint density at radius 2 is 2.04 bits per heavy atom. The minimum absolute atomic E-state index is 0.0203. The van der Waals surface area contributed by atoms with Gasteiger partial charge in [-0.05, 0) is 19.3 Å². The first-order chi connectivity index (χ1) is 11.8. The minimum Gasteiger partial charge on any atom is -0.422 e. The number of rotatable bonds is 3. The third kappa shape index (κ3) is 2.37. The number of aromatic nitrogens is 4. The van der Waals surface area contributed by atoms with Crippen molar-refractivity contribution in [1.29, 1.82) is 0 Å². The van der Waals surface area contributed by atoms with Crippen molar-refractivity contribution in [3.63, 3.8) is 0 Å². The second-order valence-electron chi connectivity index (χ2n) is 6.71. The first kappa shape index (κ1) is 14.0. The van der Waals surface area contributed by atoms with Crippen molar-refractivity contribution < 1.29 is 13.9 Å². The van der Waals surface area contributed by atoms with Crippen LogP contribution in [-0.4, -0.2) is 50.2 Å². The summed E-state index contributed by atoms with van der Waals surface area (Å²) in [6.07, 6.45) is 7.54. The Labute approximate surface area is 138 Å². The molecule has 2 aromatic heterocycles. The largest absolute Gasteiger partial charge is 0.422 e. The molecule has 0 spiro atoms. The van der Waals surface area contributed by atoms with Crippen molar-refractivity contribution in [2.75, 3.05) is 13.1 Å². The molecule has 0 bridgehead atoms. The lowest BCUT2D eigenvalue weighted by molar-refractivity contribution is 0.0221. The highest BCUT2D eigenvalue weighted by Gasteiger charge is 2.46. The Morgan fingerprint density at radius 1 is 1.17 bits per heavy atom. The summed E-state index contributed by atoms with van der Waals surface area (Å²) in [6, 6.07) is 0. The van der Waals surface area contributed by atoms with Crippen LogP contribution in [0.2, 0.25) is 0 Å². The fourth-order valence-corrected chi connectivity index (χ4v) is 3.53. The molecule has 0 N–H and O–H groups in total. The van der Waals surface area contributed by atoms with Crippen LogP contribution in [0.15, 0.2) is 23.0 Å². The average Bonchev–Trinajstić information content (AvgIpc) is 3.04. The Hall–Kier alpha value is -2.35. The number of likely N-dealkylation sites (tertiary alicyclic amines) is 1. The highest BCUT2D eigenvalue weighted by atomic mass is 16.5. The Balaban J connectivity index is 1.24. The molecular formula is C16H17N5O3. The summed E-state index contributed by atoms with van der Waals surface area (Å²) >= 11 is 0. The number of hydrogen-bond acceptors (Lipinski definition) is 7. The monoisotopic (exact) mass is 327 g/mol. The van der Waals surface area contributed by atoms with Crippen LogP contribution >= 0.6 is 0 Å². The molecule has 0 unspecified atom stereocenters. The van der Waals surface area contributed by atoms with Crippen molar-refractivity contribution in [3.8, 4) is 0 Å². The molecule has 2 aliphatic heterocycles. The Kier molecular flexibility index (Phi) is 3.12. The predicted octanol–water partition coefficient (Wildman–Crippen LogP) is 1.34. The minimum atomic E-state index is -0.145. The lowest BCUT2D eigenvalue weighted by Gasteiger charge is -2.17. The van der Waals surface area contributed by atoms with Crippen LogP contribution in [0.4, 0.5) is 0 Å². The number of carbonyl (C=O) groups excluding carboxylic acids is 1. The number of ether oxygens (including phenoxy) is 1. The Morgan fingerprint density at radius 3 is 2.79 bits per heavy atom. The number of fused-ring (bicyclic) bond motifs is 1. The van der Waals surface area contributed by atoms with Crippen LogP contribution in [0.1, 0.15) is 53.6 Å². The molecule has 2 saturated heterocycles. The average molecular weight is 327 g/mol. The molecule has 1 amide bonds. The van der Waals surface area contributed by atoms with Crippen LogP contribution < -0.4 is 0 Å². The van der Waals surface area contributed by atoms with Crippen LogP contribution in [0.3, 0.4) is 0 Å². The molecular weight excluding hydrogens is 310 g/mol. The van der Waals surface area contributed by atoms with E-state index in [2.05, 4.69) is 20.2 Å². The van der Waals surface area contributed by atoms with E-state index in [1.807, 2.05) is 0 Å². The fraction of sp³-hybridized carbons (Fsp3) is 0.562. The summed E-state index contributed by atoms with van der Waals surface area (Å²) < 4.78 is 11.8. The molecule has 8 nitrogen and oxygen atoms in total. The number of nitrogens with zero attached hydrogens (tertiary/aromatic N) is 5. The van der Waals surface area contributed by atoms with Crippen LogP contribution in [0, 0.1) is 5.92 Å². The van der Waals surface area contributed by atoms with E-state index in [0.717, 1.165) is 25.2 Å². The molecule has 1 aliphatic carbocycles. The van der Waals surface area contributed by atoms with Crippen molar-refractivity contribution in [2.45, 2.75) is 37.4 Å². The zero-order valence-corrected chi connectivity index (χ0v) is 13.0. The summed E-state index contributed by atoms with van der Waals surface area (Å²) in [5.74, 6) is 1.98. The predicted molar refractivity (Wildman–Crippen MR) is 79.9 cm³/mol. The van der Waals surface area contributed by atoms with E-state index in [1.54, 1.807) is 11.1 Å². The summed E-state index contributed by atoms with van der Waals surface area (Å²) in [5, 5.41) is 8.27. The van der Waals surface area contributed by atoms with E-state index in [4.69, 9.17) is 9.15 Å². The van der Waals surface area contributed by atoms with Gasteiger partial charge in [0.2, 0.25) is 11.8 Å². The standard InChI is InChI=1S/C16H17N5O3/c22-16(11-6-17-3-4-18-11)21-7-10-5-12(23-13(10)8-21)15-20-19-14(24-15)9-1-2-9/h3-4,6,9-10,12-13H,1-2,5,7-8H2/t10-,12-,13+/m0/s1. The molecule has 4 heterocycles. The normalized spacial score (nSPS) is 29.0. The quantitative estimate of drug-likeness (QED) is 0.839. The zero-order valence-electron chi connectivity index (χ0n) is 13.0. The molecule has 0 radical (unpaired) electrons. The Bertz CT molecular complexity index is 746. The highest BCUT2D eigenvalue weighted by molar-refractivity contribution is 5.92. The first-order valence-electron chi connectivity index (χ1n) is 8.32. The number of amides is 1. The molecule has 1 saturated carbocycles. The van der Waals surface area contributed by atoms with Gasteiger partial charge in [-0.3, -0.25) is 9.78 Å². The van der Waals surface area contributed by atoms with E-state index in [1.165, 1.54) is 12.4 Å². The molecule has 0 aromatic carbocycles. The van der Waals surface area contributed by atoms with Gasteiger partial charge in [-0.15, -0.1) is 10.2 Å². The summed E-state index contributed by atoms with van der Waals surface area (Å²) in [6.45, 7) is 1.24. The van der Waals surface area contributed by atoms with Crippen LogP contribution in [0.5, 0.6) is 0 Å². The van der Waals surface area contributed by atoms with Gasteiger partial charge < -0.3 is 14.1 Å². The molecule has 2 aromatic rings. The lowest BCUT2D eigenvalue weighted by Crippen LogP contribution is -2.31. The van der Waals surface area contributed by atoms with E-state index in [0.29, 0.717) is 36.5 Å². The zero-order chi connectivity index (χ0) is 16.1. The molecule has 3 atom stereocenters. The van der Waals surface area contributed by atoms with Gasteiger partial charge in [-0.2, -0.15) is 0 Å². The molecule has 5 rings (SSSR count). The van der Waals surface area contributed by atoms with Crippen LogP contribution in [-0.2, 0) is 4.74 Å². The van der Waals surface area contributed by atoms with Gasteiger partial charge in [0.25, 0.3) is 5.91 Å². The maximum absolute atomic E-state index is 12.4. The maximum atomic E-state index is 12.4. The van der Waals surface area contributed by atoms with Gasteiger partial charge in [-0.1, -0.05) is 0 Å². The van der Waals surface area contributed by atoms with Gasteiger partial charge in [0.1, 0.15) is 11.8 Å². The fourth-order valence-electron chi connectivity index (χ4n) is 3.53. The third-order valence-electron chi connectivity index (χ3n) is 4.96. The van der Waals surface area contributed by atoms with Gasteiger partial charge in [0, 0.05) is 37.3 Å². The van der Waals surface area contributed by atoms with E-state index in [9.17, 15) is 4.79 Å². The van der Waals surface area contributed by atoms with E-state index >= 15 is 0 Å². The van der Waals surface area contributed by atoms with Crippen molar-refractivity contribution in [3.05, 3.63) is 36.1 Å². The maximum Gasteiger partial charge on any atom is 0.274 e. The molecule has 124 valence electrons. The first-order valence-corrected chi connectivity index (χ1v) is 8.32. The van der Waals surface area contributed by atoms with Crippen LogP contribution in [0.25, 0.3) is 0 Å². The number of hydrogen-bond donors (Lipinski definition) is 0. The molecule has 24 heavy (non-hydrogen) atoms. The van der Waals surface area contributed by atoms with Gasteiger partial charge in [0.05, 0.1) is 12.3 Å². The van der Waals surface area contributed by atoms with E-state index < -0.39 is 0 Å². The molecule has 8 heteroatoms. The summed E-state index contributed by atoms with van der Waals surface area (Å²) in [7, 11) is 0. The third-order valence-corrected chi connectivity index (χ3v) is 4.96. The summed E-state index contributed by atoms with van der Waals surface area (Å²) in [5.41, 5.74) is 0.375.